The SMILES string of the molecule is Fc1ccccc1Oc1ccc2c(-c3ccccc3)n[nH]c2c1. The summed E-state index contributed by atoms with van der Waals surface area (Å²) in [6.45, 7) is 0. The molecule has 3 aromatic carbocycles. The first-order chi connectivity index (χ1) is 11.3. The summed E-state index contributed by atoms with van der Waals surface area (Å²) in [6.07, 6.45) is 0. The fraction of sp³-hybridized carbons (Fsp3) is 0. The molecule has 1 heterocycles. The van der Waals surface area contributed by atoms with Crippen LogP contribution in [0.3, 0.4) is 0 Å². The van der Waals surface area contributed by atoms with Crippen molar-refractivity contribution in [1.29, 1.82) is 0 Å². The van der Waals surface area contributed by atoms with E-state index < -0.39 is 0 Å². The van der Waals surface area contributed by atoms with Gasteiger partial charge in [0.2, 0.25) is 0 Å². The Morgan fingerprint density at radius 3 is 2.48 bits per heavy atom. The predicted molar refractivity (Wildman–Crippen MR) is 88.0 cm³/mol. The van der Waals surface area contributed by atoms with Crippen LogP contribution < -0.4 is 4.74 Å². The Morgan fingerprint density at radius 2 is 1.65 bits per heavy atom. The molecule has 0 bridgehead atoms. The van der Waals surface area contributed by atoms with Crippen LogP contribution in [0.25, 0.3) is 22.2 Å². The van der Waals surface area contributed by atoms with Crippen molar-refractivity contribution in [2.75, 3.05) is 0 Å². The molecule has 0 saturated heterocycles. The summed E-state index contributed by atoms with van der Waals surface area (Å²) in [7, 11) is 0. The molecule has 4 aromatic rings. The first kappa shape index (κ1) is 13.5. The third-order valence-electron chi connectivity index (χ3n) is 3.65. The maximum absolute atomic E-state index is 13.7. The molecule has 0 amide bonds. The summed E-state index contributed by atoms with van der Waals surface area (Å²) >= 11 is 0. The fourth-order valence-electron chi connectivity index (χ4n) is 2.53. The zero-order valence-electron chi connectivity index (χ0n) is 12.2. The second kappa shape index (κ2) is 5.57. The third-order valence-corrected chi connectivity index (χ3v) is 3.65. The second-order valence-corrected chi connectivity index (χ2v) is 5.18. The van der Waals surface area contributed by atoms with Crippen molar-refractivity contribution < 1.29 is 9.13 Å². The normalized spacial score (nSPS) is 10.8. The van der Waals surface area contributed by atoms with Gasteiger partial charge in [-0.05, 0) is 24.3 Å². The zero-order chi connectivity index (χ0) is 15.6. The van der Waals surface area contributed by atoms with Gasteiger partial charge >= 0.3 is 0 Å². The highest BCUT2D eigenvalue weighted by Crippen LogP contribution is 2.31. The largest absolute Gasteiger partial charge is 0.454 e. The second-order valence-electron chi connectivity index (χ2n) is 5.18. The molecule has 0 unspecified atom stereocenters. The molecule has 4 rings (SSSR count). The van der Waals surface area contributed by atoms with Crippen molar-refractivity contribution in [2.24, 2.45) is 0 Å². The van der Waals surface area contributed by atoms with Crippen molar-refractivity contribution in [3.63, 3.8) is 0 Å². The third kappa shape index (κ3) is 2.55. The highest BCUT2D eigenvalue weighted by atomic mass is 19.1. The number of hydrogen-bond acceptors (Lipinski definition) is 2. The lowest BCUT2D eigenvalue weighted by molar-refractivity contribution is 0.443. The highest BCUT2D eigenvalue weighted by Gasteiger charge is 2.10. The minimum Gasteiger partial charge on any atom is -0.454 e. The maximum Gasteiger partial charge on any atom is 0.165 e. The first-order valence-corrected chi connectivity index (χ1v) is 7.27. The van der Waals surface area contributed by atoms with Gasteiger partial charge in [-0.15, -0.1) is 0 Å². The van der Waals surface area contributed by atoms with E-state index in [1.54, 1.807) is 18.2 Å². The average Bonchev–Trinajstić information content (AvgIpc) is 3.01. The summed E-state index contributed by atoms with van der Waals surface area (Å²) in [5.74, 6) is 0.377. The molecule has 0 radical (unpaired) electrons. The Bertz CT molecular complexity index is 963. The van der Waals surface area contributed by atoms with E-state index in [-0.39, 0.29) is 11.6 Å². The number of benzene rings is 3. The van der Waals surface area contributed by atoms with E-state index in [2.05, 4.69) is 10.2 Å². The van der Waals surface area contributed by atoms with E-state index in [0.29, 0.717) is 5.75 Å². The molecule has 0 aliphatic heterocycles. The summed E-state index contributed by atoms with van der Waals surface area (Å²) in [5, 5.41) is 8.38. The van der Waals surface area contributed by atoms with Gasteiger partial charge in [0.1, 0.15) is 5.75 Å². The van der Waals surface area contributed by atoms with E-state index in [0.717, 1.165) is 22.2 Å². The smallest absolute Gasteiger partial charge is 0.165 e. The van der Waals surface area contributed by atoms with Crippen LogP contribution in [-0.2, 0) is 0 Å². The number of nitrogens with zero attached hydrogens (tertiary/aromatic N) is 1. The lowest BCUT2D eigenvalue weighted by Crippen LogP contribution is -1.87. The van der Waals surface area contributed by atoms with Gasteiger partial charge in [-0.2, -0.15) is 5.10 Å². The molecule has 1 N–H and O–H groups in total. The van der Waals surface area contributed by atoms with Crippen molar-refractivity contribution >= 4 is 10.9 Å². The number of nitrogens with one attached hydrogen (secondary N) is 1. The van der Waals surface area contributed by atoms with Gasteiger partial charge in [0, 0.05) is 17.0 Å². The predicted octanol–water partition coefficient (Wildman–Crippen LogP) is 5.16. The van der Waals surface area contributed by atoms with E-state index in [9.17, 15) is 4.39 Å². The van der Waals surface area contributed by atoms with Gasteiger partial charge in [-0.1, -0.05) is 42.5 Å². The molecule has 0 aliphatic carbocycles. The van der Waals surface area contributed by atoms with Crippen LogP contribution in [0.1, 0.15) is 0 Å². The minimum atomic E-state index is -0.387. The number of halogens is 1. The Balaban J connectivity index is 1.72. The van der Waals surface area contributed by atoms with Crippen molar-refractivity contribution in [1.82, 2.24) is 10.2 Å². The summed E-state index contributed by atoms with van der Waals surface area (Å²) in [5.41, 5.74) is 2.78. The van der Waals surface area contributed by atoms with Gasteiger partial charge in [0.15, 0.2) is 11.6 Å². The highest BCUT2D eigenvalue weighted by molar-refractivity contribution is 5.93. The van der Waals surface area contributed by atoms with Gasteiger partial charge < -0.3 is 4.74 Å². The molecule has 1 aromatic heterocycles. The number of para-hydroxylation sites is 1. The Labute approximate surface area is 132 Å². The van der Waals surface area contributed by atoms with Gasteiger partial charge in [0.05, 0.1) is 11.2 Å². The van der Waals surface area contributed by atoms with Crippen molar-refractivity contribution in [3.8, 4) is 22.8 Å². The van der Waals surface area contributed by atoms with Gasteiger partial charge in [-0.25, -0.2) is 4.39 Å². The number of aromatic amines is 1. The van der Waals surface area contributed by atoms with Gasteiger partial charge in [0.25, 0.3) is 0 Å². The van der Waals surface area contributed by atoms with Crippen molar-refractivity contribution in [2.45, 2.75) is 0 Å². The number of rotatable bonds is 3. The maximum atomic E-state index is 13.7. The van der Waals surface area contributed by atoms with E-state index in [1.807, 2.05) is 48.5 Å². The molecule has 112 valence electrons. The molecule has 0 saturated carbocycles. The van der Waals surface area contributed by atoms with Crippen LogP contribution in [-0.4, -0.2) is 10.2 Å². The molecule has 0 fully saturated rings. The molecular formula is C19H13FN2O. The molecule has 0 aliphatic rings. The van der Waals surface area contributed by atoms with Crippen LogP contribution >= 0.6 is 0 Å². The Kier molecular flexibility index (Phi) is 3.27. The quantitative estimate of drug-likeness (QED) is 0.567. The number of H-pyrrole nitrogens is 1. The molecule has 3 nitrogen and oxygen atoms in total. The number of ether oxygens (including phenoxy) is 1. The Hall–Kier alpha value is -3.14. The minimum absolute atomic E-state index is 0.203. The first-order valence-electron chi connectivity index (χ1n) is 7.27. The number of fused-ring (bicyclic) bond motifs is 1. The molecule has 0 spiro atoms. The zero-order valence-corrected chi connectivity index (χ0v) is 12.2. The topological polar surface area (TPSA) is 37.9 Å². The molecular weight excluding hydrogens is 291 g/mol. The average molecular weight is 304 g/mol. The summed E-state index contributed by atoms with van der Waals surface area (Å²) < 4.78 is 19.3. The van der Waals surface area contributed by atoms with Gasteiger partial charge in [-0.3, -0.25) is 5.10 Å². The lowest BCUT2D eigenvalue weighted by Gasteiger charge is -2.06. The van der Waals surface area contributed by atoms with Crippen LogP contribution in [0.4, 0.5) is 4.39 Å². The van der Waals surface area contributed by atoms with E-state index in [4.69, 9.17) is 4.74 Å². The van der Waals surface area contributed by atoms with E-state index in [1.165, 1.54) is 6.07 Å². The summed E-state index contributed by atoms with van der Waals surface area (Å²) in [6, 6.07) is 21.9. The lowest BCUT2D eigenvalue weighted by atomic mass is 10.1. The standard InChI is InChI=1S/C19H13FN2O/c20-16-8-4-5-9-18(16)23-14-10-11-15-17(12-14)21-22-19(15)13-6-2-1-3-7-13/h1-12H,(H,21,22). The number of aromatic nitrogens is 2. The van der Waals surface area contributed by atoms with Crippen LogP contribution in [0.2, 0.25) is 0 Å². The Morgan fingerprint density at radius 1 is 0.870 bits per heavy atom. The molecule has 23 heavy (non-hydrogen) atoms. The molecule has 0 atom stereocenters. The molecule has 4 heteroatoms. The summed E-state index contributed by atoms with van der Waals surface area (Å²) in [4.78, 5) is 0. The van der Waals surface area contributed by atoms with Crippen LogP contribution in [0.5, 0.6) is 11.5 Å². The van der Waals surface area contributed by atoms with E-state index >= 15 is 0 Å². The van der Waals surface area contributed by atoms with Crippen molar-refractivity contribution in [3.05, 3.63) is 78.6 Å². The fourth-order valence-corrected chi connectivity index (χ4v) is 2.53. The van der Waals surface area contributed by atoms with Crippen LogP contribution in [0, 0.1) is 5.82 Å². The monoisotopic (exact) mass is 304 g/mol. The number of hydrogen-bond donors (Lipinski definition) is 1. The van der Waals surface area contributed by atoms with Crippen LogP contribution in [0.15, 0.2) is 72.8 Å².